The van der Waals surface area contributed by atoms with E-state index in [0.29, 0.717) is 25.8 Å². The van der Waals surface area contributed by atoms with Gasteiger partial charge < -0.3 is 14.7 Å². The Balaban J connectivity index is 1.55. The second-order valence-electron chi connectivity index (χ2n) is 5.92. The van der Waals surface area contributed by atoms with Crippen LogP contribution in [0.4, 0.5) is 0 Å². The van der Waals surface area contributed by atoms with E-state index >= 15 is 0 Å². The Labute approximate surface area is 144 Å². The van der Waals surface area contributed by atoms with Crippen LogP contribution in [0.3, 0.4) is 0 Å². The lowest BCUT2D eigenvalue weighted by atomic mass is 10.2. The number of aryl methyl sites for hydroxylation is 1. The van der Waals surface area contributed by atoms with Gasteiger partial charge in [-0.25, -0.2) is 9.78 Å². The van der Waals surface area contributed by atoms with E-state index in [1.807, 2.05) is 24.3 Å². The molecule has 3 rings (SSSR count). The van der Waals surface area contributed by atoms with Gasteiger partial charge in [-0.3, -0.25) is 4.79 Å². The molecule has 0 bridgehead atoms. The van der Waals surface area contributed by atoms with Crippen LogP contribution >= 0.6 is 11.3 Å². The van der Waals surface area contributed by atoms with Crippen LogP contribution in [0.15, 0.2) is 24.3 Å². The zero-order chi connectivity index (χ0) is 17.1. The van der Waals surface area contributed by atoms with Crippen molar-refractivity contribution in [3.63, 3.8) is 0 Å². The topological polar surface area (TPSA) is 79.7 Å². The van der Waals surface area contributed by atoms with E-state index in [9.17, 15) is 14.7 Å². The normalized spacial score (nSPS) is 20.6. The number of amides is 1. The number of para-hydroxylation sites is 1. The summed E-state index contributed by atoms with van der Waals surface area (Å²) in [6.07, 6.45) is 1.88. The van der Waals surface area contributed by atoms with E-state index in [0.717, 1.165) is 21.6 Å². The third kappa shape index (κ3) is 3.57. The molecule has 24 heavy (non-hydrogen) atoms. The van der Waals surface area contributed by atoms with Gasteiger partial charge in [-0.2, -0.15) is 0 Å². The molecule has 0 aliphatic carbocycles. The van der Waals surface area contributed by atoms with Crippen LogP contribution in [0.1, 0.15) is 24.3 Å². The fourth-order valence-electron chi connectivity index (χ4n) is 3.04. The number of carboxylic acid groups (broad SMARTS) is 1. The highest BCUT2D eigenvalue weighted by Gasteiger charge is 2.39. The predicted octanol–water partition coefficient (Wildman–Crippen LogP) is 2.32. The molecule has 2 heterocycles. The first-order valence-electron chi connectivity index (χ1n) is 7.98. The number of aromatic nitrogens is 1. The van der Waals surface area contributed by atoms with Crippen molar-refractivity contribution in [3.05, 3.63) is 29.3 Å². The van der Waals surface area contributed by atoms with Crippen LogP contribution in [0.2, 0.25) is 0 Å². The van der Waals surface area contributed by atoms with Crippen molar-refractivity contribution in [3.8, 4) is 0 Å². The van der Waals surface area contributed by atoms with Gasteiger partial charge in [0.1, 0.15) is 6.04 Å². The molecule has 2 atom stereocenters. The standard InChI is InChI=1S/C17H20N2O4S/c1-23-11-9-13(17(21)22)19(10-11)16(20)8-4-7-15-18-12-5-2-3-6-14(12)24-15/h2-3,5-6,11,13H,4,7-10H2,1H3,(H,21,22). The van der Waals surface area contributed by atoms with E-state index in [2.05, 4.69) is 4.98 Å². The summed E-state index contributed by atoms with van der Waals surface area (Å²) in [6, 6.07) is 7.19. The van der Waals surface area contributed by atoms with Gasteiger partial charge in [0.05, 0.1) is 21.3 Å². The van der Waals surface area contributed by atoms with Gasteiger partial charge in [0.2, 0.25) is 5.91 Å². The number of fused-ring (bicyclic) bond motifs is 1. The quantitative estimate of drug-likeness (QED) is 0.867. The van der Waals surface area contributed by atoms with Crippen molar-refractivity contribution in [1.82, 2.24) is 9.88 Å². The van der Waals surface area contributed by atoms with Crippen LogP contribution in [0, 0.1) is 0 Å². The number of ether oxygens (including phenoxy) is 1. The molecule has 1 aromatic heterocycles. The maximum atomic E-state index is 12.4. The summed E-state index contributed by atoms with van der Waals surface area (Å²) in [7, 11) is 1.55. The summed E-state index contributed by atoms with van der Waals surface area (Å²) in [6.45, 7) is 0.355. The number of methoxy groups -OCH3 is 1. The minimum absolute atomic E-state index is 0.122. The third-order valence-corrected chi connectivity index (χ3v) is 5.42. The molecular formula is C17H20N2O4S. The van der Waals surface area contributed by atoms with Crippen molar-refractivity contribution in [2.24, 2.45) is 0 Å². The number of likely N-dealkylation sites (tertiary alicyclic amines) is 1. The molecule has 1 aliphatic heterocycles. The van der Waals surface area contributed by atoms with E-state index in [4.69, 9.17) is 4.74 Å². The Bertz CT molecular complexity index is 712. The van der Waals surface area contributed by atoms with E-state index in [1.165, 1.54) is 4.90 Å². The number of hydrogen-bond donors (Lipinski definition) is 1. The van der Waals surface area contributed by atoms with Crippen molar-refractivity contribution in [1.29, 1.82) is 0 Å². The molecule has 128 valence electrons. The number of nitrogens with zero attached hydrogens (tertiary/aromatic N) is 2. The lowest BCUT2D eigenvalue weighted by Gasteiger charge is -2.21. The summed E-state index contributed by atoms with van der Waals surface area (Å²) in [4.78, 5) is 29.7. The van der Waals surface area contributed by atoms with Crippen LogP contribution in [-0.2, 0) is 20.7 Å². The molecule has 6 nitrogen and oxygen atoms in total. The Morgan fingerprint density at radius 2 is 2.21 bits per heavy atom. The molecule has 0 radical (unpaired) electrons. The lowest BCUT2D eigenvalue weighted by Crippen LogP contribution is -2.40. The van der Waals surface area contributed by atoms with Crippen LogP contribution in [-0.4, -0.2) is 52.7 Å². The highest BCUT2D eigenvalue weighted by atomic mass is 32.1. The number of benzene rings is 1. The summed E-state index contributed by atoms with van der Waals surface area (Å²) in [5, 5.41) is 10.3. The first-order chi connectivity index (χ1) is 11.6. The molecule has 0 saturated carbocycles. The molecule has 2 unspecified atom stereocenters. The minimum atomic E-state index is -0.964. The Kier molecular flexibility index (Phi) is 5.11. The summed E-state index contributed by atoms with van der Waals surface area (Å²) >= 11 is 1.64. The molecule has 0 spiro atoms. The minimum Gasteiger partial charge on any atom is -0.480 e. The van der Waals surface area contributed by atoms with Gasteiger partial charge in [-0.1, -0.05) is 12.1 Å². The Hall–Kier alpha value is -1.99. The third-order valence-electron chi connectivity index (χ3n) is 4.32. The Morgan fingerprint density at radius 1 is 1.42 bits per heavy atom. The van der Waals surface area contributed by atoms with Gasteiger partial charge in [0.15, 0.2) is 0 Å². The highest BCUT2D eigenvalue weighted by molar-refractivity contribution is 7.18. The summed E-state index contributed by atoms with van der Waals surface area (Å²) in [5.41, 5.74) is 0.984. The summed E-state index contributed by atoms with van der Waals surface area (Å²) < 4.78 is 6.36. The smallest absolute Gasteiger partial charge is 0.326 e. The predicted molar refractivity (Wildman–Crippen MR) is 91.1 cm³/mol. The van der Waals surface area contributed by atoms with Gasteiger partial charge >= 0.3 is 5.97 Å². The number of rotatable bonds is 6. The number of hydrogen-bond acceptors (Lipinski definition) is 5. The van der Waals surface area contributed by atoms with E-state index in [1.54, 1.807) is 18.4 Å². The molecule has 1 amide bonds. The monoisotopic (exact) mass is 348 g/mol. The highest BCUT2D eigenvalue weighted by Crippen LogP contribution is 2.24. The zero-order valence-electron chi connectivity index (χ0n) is 13.5. The van der Waals surface area contributed by atoms with Crippen LogP contribution in [0.5, 0.6) is 0 Å². The van der Waals surface area contributed by atoms with Gasteiger partial charge in [0.25, 0.3) is 0 Å². The molecule has 7 heteroatoms. The molecule has 1 aromatic carbocycles. The van der Waals surface area contributed by atoms with Gasteiger partial charge in [0, 0.05) is 26.5 Å². The van der Waals surface area contributed by atoms with Crippen LogP contribution in [0.25, 0.3) is 10.2 Å². The van der Waals surface area contributed by atoms with E-state index < -0.39 is 12.0 Å². The molecular weight excluding hydrogens is 328 g/mol. The van der Waals surface area contributed by atoms with Crippen LogP contribution < -0.4 is 0 Å². The average Bonchev–Trinajstić information content (AvgIpc) is 3.18. The number of thiazole rings is 1. The number of carbonyl (C=O) groups excluding carboxylic acids is 1. The SMILES string of the molecule is COC1CC(C(=O)O)N(C(=O)CCCc2nc3ccccc3s2)C1. The van der Waals surface area contributed by atoms with Crippen molar-refractivity contribution >= 4 is 33.4 Å². The van der Waals surface area contributed by atoms with Gasteiger partial charge in [-0.05, 0) is 25.0 Å². The zero-order valence-corrected chi connectivity index (χ0v) is 14.3. The number of carbonyl (C=O) groups is 2. The van der Waals surface area contributed by atoms with E-state index in [-0.39, 0.29) is 12.0 Å². The average molecular weight is 348 g/mol. The molecule has 1 aliphatic rings. The van der Waals surface area contributed by atoms with Crippen molar-refractivity contribution in [2.45, 2.75) is 37.8 Å². The van der Waals surface area contributed by atoms with Crippen molar-refractivity contribution < 1.29 is 19.4 Å². The molecule has 1 saturated heterocycles. The Morgan fingerprint density at radius 3 is 2.92 bits per heavy atom. The maximum absolute atomic E-state index is 12.4. The van der Waals surface area contributed by atoms with Gasteiger partial charge in [-0.15, -0.1) is 11.3 Å². The molecule has 2 aromatic rings. The summed E-state index contributed by atoms with van der Waals surface area (Å²) in [5.74, 6) is -1.09. The lowest BCUT2D eigenvalue weighted by molar-refractivity contribution is -0.148. The van der Waals surface area contributed by atoms with Crippen molar-refractivity contribution in [2.75, 3.05) is 13.7 Å². The second-order valence-corrected chi connectivity index (χ2v) is 7.04. The maximum Gasteiger partial charge on any atom is 0.326 e. The fourth-order valence-corrected chi connectivity index (χ4v) is 4.05. The fraction of sp³-hybridized carbons (Fsp3) is 0.471. The number of aliphatic carboxylic acids is 1. The number of carboxylic acids is 1. The largest absolute Gasteiger partial charge is 0.480 e. The molecule has 1 fully saturated rings. The first-order valence-corrected chi connectivity index (χ1v) is 8.79. The second kappa shape index (κ2) is 7.27. The molecule has 1 N–H and O–H groups in total. The first kappa shape index (κ1) is 16.9.